The number of carbonyl (C=O) groups excluding carboxylic acids is 1. The van der Waals surface area contributed by atoms with Gasteiger partial charge in [-0.3, -0.25) is 4.79 Å². The third-order valence-electron chi connectivity index (χ3n) is 3.24. The molecule has 0 unspecified atom stereocenters. The molecule has 0 spiro atoms. The summed E-state index contributed by atoms with van der Waals surface area (Å²) in [5, 5.41) is 3.86. The number of anilines is 1. The number of benzene rings is 1. The van der Waals surface area contributed by atoms with Gasteiger partial charge in [-0.15, -0.1) is 11.8 Å². The molecule has 0 fully saturated rings. The van der Waals surface area contributed by atoms with E-state index >= 15 is 0 Å². The number of thioether (sulfide) groups is 1. The number of pyridine rings is 1. The number of hydrogen-bond donors (Lipinski definition) is 2. The minimum Gasteiger partial charge on any atom is -0.325 e. The quantitative estimate of drug-likeness (QED) is 0.803. The predicted octanol–water partition coefficient (Wildman–Crippen LogP) is 3.30. The number of rotatable bonds is 6. The van der Waals surface area contributed by atoms with Crippen molar-refractivity contribution in [2.24, 2.45) is 11.7 Å². The van der Waals surface area contributed by atoms with Crippen LogP contribution in [0.5, 0.6) is 0 Å². The van der Waals surface area contributed by atoms with E-state index < -0.39 is 6.04 Å². The SMILES string of the molecule is CC(C)[C@H](N)C(=O)Nc1cccc(CSc2ccccn2)c1. The van der Waals surface area contributed by atoms with Crippen molar-refractivity contribution in [1.29, 1.82) is 0 Å². The van der Waals surface area contributed by atoms with Gasteiger partial charge in [-0.2, -0.15) is 0 Å². The molecule has 0 aliphatic rings. The Hall–Kier alpha value is -1.85. The summed E-state index contributed by atoms with van der Waals surface area (Å²) < 4.78 is 0. The van der Waals surface area contributed by atoms with Crippen LogP contribution in [0.15, 0.2) is 53.7 Å². The molecule has 0 radical (unpaired) electrons. The first-order valence-corrected chi connectivity index (χ1v) is 8.24. The molecule has 2 aromatic rings. The zero-order valence-corrected chi connectivity index (χ0v) is 13.6. The van der Waals surface area contributed by atoms with Gasteiger partial charge in [0.2, 0.25) is 5.91 Å². The fourth-order valence-corrected chi connectivity index (χ4v) is 2.66. The van der Waals surface area contributed by atoms with Gasteiger partial charge >= 0.3 is 0 Å². The van der Waals surface area contributed by atoms with E-state index in [1.165, 1.54) is 0 Å². The Morgan fingerprint density at radius 2 is 2.09 bits per heavy atom. The third-order valence-corrected chi connectivity index (χ3v) is 4.25. The average Bonchev–Trinajstić information content (AvgIpc) is 2.53. The van der Waals surface area contributed by atoms with Crippen LogP contribution in [0.3, 0.4) is 0 Å². The maximum absolute atomic E-state index is 12.0. The first-order chi connectivity index (χ1) is 10.6. The Kier molecular flexibility index (Phi) is 5.98. The van der Waals surface area contributed by atoms with E-state index in [4.69, 9.17) is 5.73 Å². The van der Waals surface area contributed by atoms with Gasteiger partial charge in [0, 0.05) is 17.6 Å². The summed E-state index contributed by atoms with van der Waals surface area (Å²) in [6.45, 7) is 3.87. The van der Waals surface area contributed by atoms with E-state index in [9.17, 15) is 4.79 Å². The molecular formula is C17H21N3OS. The standard InChI is InChI=1S/C17H21N3OS/c1-12(2)16(18)17(21)20-14-7-5-6-13(10-14)11-22-15-8-3-4-9-19-15/h3-10,12,16H,11,18H2,1-2H3,(H,20,21)/t16-/m0/s1. The molecule has 1 aromatic carbocycles. The van der Waals surface area contributed by atoms with Crippen LogP contribution in [0, 0.1) is 5.92 Å². The van der Waals surface area contributed by atoms with Crippen LogP contribution in [-0.2, 0) is 10.5 Å². The van der Waals surface area contributed by atoms with Gasteiger partial charge in [0.1, 0.15) is 0 Å². The lowest BCUT2D eigenvalue weighted by molar-refractivity contribution is -0.118. The van der Waals surface area contributed by atoms with Crippen LogP contribution >= 0.6 is 11.8 Å². The summed E-state index contributed by atoms with van der Waals surface area (Å²) in [6.07, 6.45) is 1.78. The molecule has 1 atom stereocenters. The van der Waals surface area contributed by atoms with Crippen LogP contribution in [0.4, 0.5) is 5.69 Å². The molecule has 22 heavy (non-hydrogen) atoms. The van der Waals surface area contributed by atoms with Gasteiger partial charge in [0.25, 0.3) is 0 Å². The fraction of sp³-hybridized carbons (Fsp3) is 0.294. The zero-order chi connectivity index (χ0) is 15.9. The van der Waals surface area contributed by atoms with Crippen molar-refractivity contribution in [3.05, 3.63) is 54.2 Å². The number of hydrogen-bond acceptors (Lipinski definition) is 4. The Morgan fingerprint density at radius 3 is 2.77 bits per heavy atom. The lowest BCUT2D eigenvalue weighted by Gasteiger charge is -2.15. The van der Waals surface area contributed by atoms with E-state index in [1.807, 2.05) is 56.3 Å². The summed E-state index contributed by atoms with van der Waals surface area (Å²) in [6, 6.07) is 13.2. The van der Waals surface area contributed by atoms with Crippen LogP contribution in [0.25, 0.3) is 0 Å². The number of nitrogens with zero attached hydrogens (tertiary/aromatic N) is 1. The summed E-state index contributed by atoms with van der Waals surface area (Å²) in [7, 11) is 0. The minimum atomic E-state index is -0.494. The lowest BCUT2D eigenvalue weighted by Crippen LogP contribution is -2.39. The topological polar surface area (TPSA) is 68.0 Å². The molecule has 116 valence electrons. The summed E-state index contributed by atoms with van der Waals surface area (Å²) in [5.41, 5.74) is 7.77. The molecule has 1 heterocycles. The van der Waals surface area contributed by atoms with Crippen LogP contribution in [-0.4, -0.2) is 16.9 Å². The third kappa shape index (κ3) is 4.86. The highest BCUT2D eigenvalue weighted by Crippen LogP contribution is 2.22. The lowest BCUT2D eigenvalue weighted by atomic mass is 10.0. The number of nitrogens with two attached hydrogens (primary N) is 1. The zero-order valence-electron chi connectivity index (χ0n) is 12.8. The van der Waals surface area contributed by atoms with E-state index in [0.717, 1.165) is 22.0 Å². The van der Waals surface area contributed by atoms with Crippen molar-refractivity contribution in [1.82, 2.24) is 4.98 Å². The molecule has 5 heteroatoms. The minimum absolute atomic E-state index is 0.114. The maximum Gasteiger partial charge on any atom is 0.241 e. The van der Waals surface area contributed by atoms with Gasteiger partial charge in [-0.25, -0.2) is 4.98 Å². The van der Waals surface area contributed by atoms with Gasteiger partial charge in [-0.1, -0.05) is 32.0 Å². The Balaban J connectivity index is 1.96. The molecule has 1 amide bonds. The van der Waals surface area contributed by atoms with Gasteiger partial charge in [0.05, 0.1) is 11.1 Å². The first kappa shape index (κ1) is 16.5. The first-order valence-electron chi connectivity index (χ1n) is 7.25. The van der Waals surface area contributed by atoms with Gasteiger partial charge in [-0.05, 0) is 35.7 Å². The normalized spacial score (nSPS) is 12.2. The van der Waals surface area contributed by atoms with Gasteiger partial charge < -0.3 is 11.1 Å². The largest absolute Gasteiger partial charge is 0.325 e. The van der Waals surface area contributed by atoms with E-state index in [2.05, 4.69) is 10.3 Å². The maximum atomic E-state index is 12.0. The molecule has 3 N–H and O–H groups in total. The van der Waals surface area contributed by atoms with Crippen LogP contribution < -0.4 is 11.1 Å². The summed E-state index contributed by atoms with van der Waals surface area (Å²) in [4.78, 5) is 16.3. The second kappa shape index (κ2) is 7.96. The molecule has 0 saturated heterocycles. The van der Waals surface area contributed by atoms with Crippen LogP contribution in [0.1, 0.15) is 19.4 Å². The molecular weight excluding hydrogens is 294 g/mol. The fourth-order valence-electron chi connectivity index (χ4n) is 1.86. The number of carbonyl (C=O) groups is 1. The van der Waals surface area contributed by atoms with Crippen molar-refractivity contribution >= 4 is 23.4 Å². The molecule has 0 aliphatic heterocycles. The summed E-state index contributed by atoms with van der Waals surface area (Å²) in [5.74, 6) is 0.768. The smallest absolute Gasteiger partial charge is 0.241 e. The highest BCUT2D eigenvalue weighted by Gasteiger charge is 2.17. The highest BCUT2D eigenvalue weighted by atomic mass is 32.2. The van der Waals surface area contributed by atoms with Crippen molar-refractivity contribution < 1.29 is 4.79 Å². The van der Waals surface area contributed by atoms with Crippen molar-refractivity contribution in [2.45, 2.75) is 30.7 Å². The molecule has 0 bridgehead atoms. The Labute approximate surface area is 135 Å². The van der Waals surface area contributed by atoms with Crippen molar-refractivity contribution in [2.75, 3.05) is 5.32 Å². The predicted molar refractivity (Wildman–Crippen MR) is 91.7 cm³/mol. The van der Waals surface area contributed by atoms with E-state index in [1.54, 1.807) is 18.0 Å². The van der Waals surface area contributed by atoms with Crippen molar-refractivity contribution in [3.63, 3.8) is 0 Å². The van der Waals surface area contributed by atoms with Crippen LogP contribution in [0.2, 0.25) is 0 Å². The number of aromatic nitrogens is 1. The Bertz CT molecular complexity index is 616. The Morgan fingerprint density at radius 1 is 1.27 bits per heavy atom. The highest BCUT2D eigenvalue weighted by molar-refractivity contribution is 7.98. The molecule has 0 saturated carbocycles. The average molecular weight is 315 g/mol. The van der Waals surface area contributed by atoms with E-state index in [-0.39, 0.29) is 11.8 Å². The molecule has 0 aliphatic carbocycles. The molecule has 2 rings (SSSR count). The number of amides is 1. The molecule has 4 nitrogen and oxygen atoms in total. The monoisotopic (exact) mass is 315 g/mol. The second-order valence-corrected chi connectivity index (χ2v) is 6.41. The number of nitrogens with one attached hydrogen (secondary N) is 1. The van der Waals surface area contributed by atoms with Crippen molar-refractivity contribution in [3.8, 4) is 0 Å². The second-order valence-electron chi connectivity index (χ2n) is 5.42. The summed E-state index contributed by atoms with van der Waals surface area (Å²) >= 11 is 1.66. The van der Waals surface area contributed by atoms with Gasteiger partial charge in [0.15, 0.2) is 0 Å². The van der Waals surface area contributed by atoms with E-state index in [0.29, 0.717) is 0 Å². The molecule has 1 aromatic heterocycles.